The number of rotatable bonds is 1. The first-order valence-electron chi connectivity index (χ1n) is 5.47. The maximum Gasteiger partial charge on any atom is 0.306 e. The lowest BCUT2D eigenvalue weighted by molar-refractivity contribution is -0.143. The van der Waals surface area contributed by atoms with Crippen molar-refractivity contribution in [3.8, 4) is 0 Å². The van der Waals surface area contributed by atoms with Crippen LogP contribution in [0.1, 0.15) is 45.4 Å². The fourth-order valence-electron chi connectivity index (χ4n) is 2.72. The lowest BCUT2D eigenvalue weighted by atomic mass is 9.81. The molecule has 2 atom stereocenters. The van der Waals surface area contributed by atoms with E-state index in [0.717, 1.165) is 0 Å². The molecule has 1 saturated heterocycles. The fraction of sp³-hybridized carbons (Fsp3) is 0.909. The van der Waals surface area contributed by atoms with Crippen LogP contribution in [0.3, 0.4) is 0 Å². The van der Waals surface area contributed by atoms with Crippen molar-refractivity contribution in [2.45, 2.75) is 51.6 Å². The molecule has 1 saturated carbocycles. The summed E-state index contributed by atoms with van der Waals surface area (Å²) >= 11 is 0. The van der Waals surface area contributed by atoms with E-state index in [-0.39, 0.29) is 12.1 Å². The van der Waals surface area contributed by atoms with Gasteiger partial charge in [0.1, 0.15) is 6.10 Å². The van der Waals surface area contributed by atoms with E-state index in [4.69, 9.17) is 4.74 Å². The Balaban J connectivity index is 1.95. The minimum Gasteiger partial charge on any atom is -0.462 e. The maximum absolute atomic E-state index is 11.1. The van der Waals surface area contributed by atoms with Crippen LogP contribution in [0.25, 0.3) is 0 Å². The Morgan fingerprint density at radius 1 is 1.23 bits per heavy atom. The number of carbonyl (C=O) groups is 1. The Labute approximate surface area is 79.7 Å². The Morgan fingerprint density at radius 3 is 2.46 bits per heavy atom. The summed E-state index contributed by atoms with van der Waals surface area (Å²) in [5, 5.41) is 0. The molecule has 0 amide bonds. The lowest BCUT2D eigenvalue weighted by Gasteiger charge is -2.28. The van der Waals surface area contributed by atoms with E-state index in [9.17, 15) is 4.79 Å². The van der Waals surface area contributed by atoms with Gasteiger partial charge in [0.2, 0.25) is 0 Å². The Hall–Kier alpha value is -0.530. The van der Waals surface area contributed by atoms with Crippen molar-refractivity contribution in [1.29, 1.82) is 0 Å². The van der Waals surface area contributed by atoms with Crippen molar-refractivity contribution < 1.29 is 9.53 Å². The summed E-state index contributed by atoms with van der Waals surface area (Å²) in [5.41, 5.74) is 0. The second-order valence-corrected chi connectivity index (χ2v) is 4.53. The molecule has 2 rings (SSSR count). The van der Waals surface area contributed by atoms with E-state index in [1.807, 2.05) is 0 Å². The second-order valence-electron chi connectivity index (χ2n) is 4.53. The van der Waals surface area contributed by atoms with Crippen LogP contribution in [0.2, 0.25) is 0 Å². The Morgan fingerprint density at radius 2 is 1.92 bits per heavy atom. The molecule has 2 nitrogen and oxygen atoms in total. The molecule has 0 bridgehead atoms. The average molecular weight is 182 g/mol. The summed E-state index contributed by atoms with van der Waals surface area (Å²) in [6.45, 7) is 2.14. The highest BCUT2D eigenvalue weighted by atomic mass is 16.6. The van der Waals surface area contributed by atoms with Crippen LogP contribution in [0.4, 0.5) is 0 Å². The van der Waals surface area contributed by atoms with Crippen LogP contribution >= 0.6 is 0 Å². The fourth-order valence-corrected chi connectivity index (χ4v) is 2.72. The van der Waals surface area contributed by atoms with Gasteiger partial charge in [0.05, 0.1) is 6.42 Å². The normalized spacial score (nSPS) is 36.2. The predicted molar refractivity (Wildman–Crippen MR) is 50.2 cm³/mol. The zero-order valence-electron chi connectivity index (χ0n) is 8.29. The first-order valence-corrected chi connectivity index (χ1v) is 5.47. The van der Waals surface area contributed by atoms with E-state index < -0.39 is 0 Å². The van der Waals surface area contributed by atoms with Gasteiger partial charge in [0.15, 0.2) is 0 Å². The highest BCUT2D eigenvalue weighted by Crippen LogP contribution is 2.35. The van der Waals surface area contributed by atoms with Crippen molar-refractivity contribution in [2.24, 2.45) is 11.8 Å². The van der Waals surface area contributed by atoms with Crippen molar-refractivity contribution in [3.63, 3.8) is 0 Å². The molecule has 0 unspecified atom stereocenters. The van der Waals surface area contributed by atoms with Crippen LogP contribution in [0.5, 0.6) is 0 Å². The third-order valence-electron chi connectivity index (χ3n) is 3.43. The second kappa shape index (κ2) is 3.69. The SMILES string of the molecule is C[C@@H]1CC(=O)O[C@@H]1C1CCCCC1. The summed E-state index contributed by atoms with van der Waals surface area (Å²) < 4.78 is 5.37. The molecule has 2 fully saturated rings. The van der Waals surface area contributed by atoms with E-state index in [0.29, 0.717) is 18.3 Å². The van der Waals surface area contributed by atoms with Gasteiger partial charge in [-0.2, -0.15) is 0 Å². The van der Waals surface area contributed by atoms with E-state index in [1.165, 1.54) is 32.1 Å². The van der Waals surface area contributed by atoms with Crippen LogP contribution in [-0.2, 0) is 9.53 Å². The average Bonchev–Trinajstić information content (AvgIpc) is 2.47. The monoisotopic (exact) mass is 182 g/mol. The molecule has 0 N–H and O–H groups in total. The van der Waals surface area contributed by atoms with Gasteiger partial charge in [-0.1, -0.05) is 26.2 Å². The van der Waals surface area contributed by atoms with Crippen LogP contribution < -0.4 is 0 Å². The quantitative estimate of drug-likeness (QED) is 0.582. The highest BCUT2D eigenvalue weighted by molar-refractivity contribution is 5.72. The topological polar surface area (TPSA) is 26.3 Å². The number of carbonyl (C=O) groups excluding carboxylic acids is 1. The van der Waals surface area contributed by atoms with Crippen LogP contribution in [-0.4, -0.2) is 12.1 Å². The zero-order valence-corrected chi connectivity index (χ0v) is 8.29. The third kappa shape index (κ3) is 1.87. The Kier molecular flexibility index (Phi) is 2.56. The van der Waals surface area contributed by atoms with Gasteiger partial charge in [-0.05, 0) is 18.8 Å². The first-order chi connectivity index (χ1) is 6.27. The third-order valence-corrected chi connectivity index (χ3v) is 3.43. The van der Waals surface area contributed by atoms with Gasteiger partial charge in [0, 0.05) is 5.92 Å². The molecular formula is C11H18O2. The number of esters is 1. The molecule has 1 heterocycles. The smallest absolute Gasteiger partial charge is 0.306 e. The van der Waals surface area contributed by atoms with Gasteiger partial charge in [-0.3, -0.25) is 4.79 Å². The first kappa shape index (κ1) is 9.04. The minimum absolute atomic E-state index is 0.0167. The van der Waals surface area contributed by atoms with Gasteiger partial charge < -0.3 is 4.74 Å². The summed E-state index contributed by atoms with van der Waals surface area (Å²) in [5.74, 6) is 1.13. The lowest BCUT2D eigenvalue weighted by Crippen LogP contribution is -2.27. The molecule has 2 aliphatic rings. The number of hydrogen-bond acceptors (Lipinski definition) is 2. The van der Waals surface area contributed by atoms with Crippen LogP contribution in [0.15, 0.2) is 0 Å². The predicted octanol–water partition coefficient (Wildman–Crippen LogP) is 2.52. The number of hydrogen-bond donors (Lipinski definition) is 0. The largest absolute Gasteiger partial charge is 0.462 e. The molecule has 13 heavy (non-hydrogen) atoms. The van der Waals surface area contributed by atoms with Gasteiger partial charge in [-0.15, -0.1) is 0 Å². The molecule has 0 spiro atoms. The van der Waals surface area contributed by atoms with Crippen molar-refractivity contribution in [2.75, 3.05) is 0 Å². The minimum atomic E-state index is 0.0167. The molecule has 0 aromatic heterocycles. The van der Waals surface area contributed by atoms with Crippen LogP contribution in [0, 0.1) is 11.8 Å². The molecular weight excluding hydrogens is 164 g/mol. The maximum atomic E-state index is 11.1. The van der Waals surface area contributed by atoms with Crippen molar-refractivity contribution >= 4 is 5.97 Å². The zero-order chi connectivity index (χ0) is 9.26. The highest BCUT2D eigenvalue weighted by Gasteiger charge is 2.37. The van der Waals surface area contributed by atoms with E-state index in [1.54, 1.807) is 0 Å². The molecule has 1 aliphatic carbocycles. The molecule has 0 aromatic rings. The molecule has 0 aromatic carbocycles. The summed E-state index contributed by atoms with van der Waals surface area (Å²) in [7, 11) is 0. The number of cyclic esters (lactones) is 1. The van der Waals surface area contributed by atoms with E-state index in [2.05, 4.69) is 6.92 Å². The summed E-state index contributed by atoms with van der Waals surface area (Å²) in [4.78, 5) is 11.1. The molecule has 1 aliphatic heterocycles. The number of ether oxygens (including phenoxy) is 1. The summed E-state index contributed by atoms with van der Waals surface area (Å²) in [6.07, 6.45) is 7.43. The van der Waals surface area contributed by atoms with Gasteiger partial charge in [-0.25, -0.2) is 0 Å². The van der Waals surface area contributed by atoms with Crippen molar-refractivity contribution in [1.82, 2.24) is 0 Å². The standard InChI is InChI=1S/C11H18O2/c1-8-7-10(12)13-11(8)9-5-3-2-4-6-9/h8-9,11H,2-7H2,1H3/t8-,11+/m1/s1. The van der Waals surface area contributed by atoms with E-state index >= 15 is 0 Å². The van der Waals surface area contributed by atoms with Gasteiger partial charge in [0.25, 0.3) is 0 Å². The molecule has 2 heteroatoms. The Bertz CT molecular complexity index is 194. The molecule has 74 valence electrons. The molecule has 0 radical (unpaired) electrons. The van der Waals surface area contributed by atoms with Gasteiger partial charge >= 0.3 is 5.97 Å². The van der Waals surface area contributed by atoms with Crippen molar-refractivity contribution in [3.05, 3.63) is 0 Å². The summed E-state index contributed by atoms with van der Waals surface area (Å²) in [6, 6.07) is 0.